The molecule has 1 aromatic carbocycles. The lowest BCUT2D eigenvalue weighted by molar-refractivity contribution is -0.147. The van der Waals surface area contributed by atoms with Crippen molar-refractivity contribution in [3.8, 4) is 11.5 Å². The van der Waals surface area contributed by atoms with Crippen LogP contribution >= 0.6 is 0 Å². The molecule has 1 aliphatic rings. The highest BCUT2D eigenvalue weighted by atomic mass is 16.6. The number of carbonyl (C=O) groups is 2. The van der Waals surface area contributed by atoms with Gasteiger partial charge in [-0.3, -0.25) is 9.59 Å². The highest BCUT2D eigenvalue weighted by molar-refractivity contribution is 5.80. The van der Waals surface area contributed by atoms with Gasteiger partial charge >= 0.3 is 11.9 Å². The Balaban J connectivity index is 1.85. The van der Waals surface area contributed by atoms with E-state index in [0.717, 1.165) is 65.0 Å². The molecule has 0 aromatic heterocycles. The third-order valence-electron chi connectivity index (χ3n) is 9.14. The summed E-state index contributed by atoms with van der Waals surface area (Å²) in [7, 11) is 1.54. The van der Waals surface area contributed by atoms with E-state index in [1.54, 1.807) is 7.11 Å². The molecule has 0 aliphatic carbocycles. The average Bonchev–Trinajstić information content (AvgIpc) is 2.93. The van der Waals surface area contributed by atoms with Crippen LogP contribution in [-0.4, -0.2) is 37.9 Å². The summed E-state index contributed by atoms with van der Waals surface area (Å²) in [6.07, 6.45) is 13.4. The molecule has 6 nitrogen and oxygen atoms in total. The van der Waals surface area contributed by atoms with Crippen molar-refractivity contribution < 1.29 is 28.5 Å². The van der Waals surface area contributed by atoms with Crippen molar-refractivity contribution in [1.29, 1.82) is 0 Å². The molecule has 0 radical (unpaired) electrons. The maximum absolute atomic E-state index is 12.6. The van der Waals surface area contributed by atoms with Gasteiger partial charge in [0.15, 0.2) is 0 Å². The first kappa shape index (κ1) is 36.1. The van der Waals surface area contributed by atoms with Crippen molar-refractivity contribution in [2.24, 2.45) is 17.8 Å². The predicted molar refractivity (Wildman–Crippen MR) is 170 cm³/mol. The van der Waals surface area contributed by atoms with Gasteiger partial charge in [0.25, 0.3) is 0 Å². The van der Waals surface area contributed by atoms with Crippen LogP contribution in [0, 0.1) is 38.5 Å². The lowest BCUT2D eigenvalue weighted by Gasteiger charge is -2.38. The van der Waals surface area contributed by atoms with E-state index in [0.29, 0.717) is 12.4 Å². The fraction of sp³-hybridized carbons (Fsp3) is 0.778. The van der Waals surface area contributed by atoms with Gasteiger partial charge in [-0.1, -0.05) is 72.6 Å². The first-order valence-corrected chi connectivity index (χ1v) is 16.5. The fourth-order valence-electron chi connectivity index (χ4n) is 6.09. The monoisotopic (exact) mass is 588 g/mol. The minimum Gasteiger partial charge on any atom is -0.487 e. The second-order valence-electron chi connectivity index (χ2n) is 13.6. The Bertz CT molecular complexity index is 999. The Morgan fingerprint density at radius 3 is 2.02 bits per heavy atom. The second-order valence-corrected chi connectivity index (χ2v) is 13.6. The molecule has 1 aromatic rings. The third kappa shape index (κ3) is 11.9. The molecule has 0 saturated heterocycles. The Morgan fingerprint density at radius 1 is 0.810 bits per heavy atom. The van der Waals surface area contributed by atoms with Crippen LogP contribution in [0.15, 0.2) is 0 Å². The van der Waals surface area contributed by atoms with Gasteiger partial charge in [-0.05, 0) is 87.8 Å². The Morgan fingerprint density at radius 2 is 1.40 bits per heavy atom. The van der Waals surface area contributed by atoms with Gasteiger partial charge in [0.2, 0.25) is 0 Å². The minimum atomic E-state index is -0.430. The number of esters is 2. The number of ether oxygens (including phenoxy) is 4. The van der Waals surface area contributed by atoms with Crippen molar-refractivity contribution in [2.75, 3.05) is 20.3 Å². The average molecular weight is 589 g/mol. The molecule has 0 N–H and O–H groups in total. The number of fused-ring (bicyclic) bond motifs is 1. The lowest BCUT2D eigenvalue weighted by atomic mass is 9.83. The zero-order valence-corrected chi connectivity index (χ0v) is 28.3. The molecule has 240 valence electrons. The topological polar surface area (TPSA) is 71.1 Å². The maximum Gasteiger partial charge on any atom is 0.311 e. The van der Waals surface area contributed by atoms with Crippen LogP contribution < -0.4 is 9.47 Å². The molecule has 2 rings (SSSR count). The van der Waals surface area contributed by atoms with Gasteiger partial charge in [0.1, 0.15) is 23.7 Å². The molecule has 1 heterocycles. The molecule has 1 aliphatic heterocycles. The van der Waals surface area contributed by atoms with Gasteiger partial charge in [0.05, 0.1) is 19.4 Å². The van der Waals surface area contributed by atoms with E-state index in [-0.39, 0.29) is 25.0 Å². The molecule has 3 atom stereocenters. The van der Waals surface area contributed by atoms with Crippen LogP contribution in [0.1, 0.15) is 134 Å². The zero-order chi connectivity index (χ0) is 31.3. The van der Waals surface area contributed by atoms with Gasteiger partial charge in [-0.15, -0.1) is 0 Å². The van der Waals surface area contributed by atoms with E-state index in [4.69, 9.17) is 18.9 Å². The van der Waals surface area contributed by atoms with E-state index in [1.165, 1.54) is 51.4 Å². The van der Waals surface area contributed by atoms with E-state index >= 15 is 0 Å². The first-order chi connectivity index (χ1) is 19.9. The van der Waals surface area contributed by atoms with Crippen molar-refractivity contribution >= 4 is 11.9 Å². The number of hydrogen-bond acceptors (Lipinski definition) is 6. The lowest BCUT2D eigenvalue weighted by Crippen LogP contribution is -2.37. The predicted octanol–water partition coefficient (Wildman–Crippen LogP) is 9.01. The SMILES string of the molecule is COCCOC(=O)CCC(=O)Oc1c(C)c(C)c2c(c1C)CCC(C)(CCCC(C)CCCC(C)CCCC(C)C)O2. The Kier molecular flexibility index (Phi) is 15.4. The molecule has 0 saturated carbocycles. The minimum absolute atomic E-state index is 0.0117. The fourth-order valence-corrected chi connectivity index (χ4v) is 6.09. The first-order valence-electron chi connectivity index (χ1n) is 16.5. The van der Waals surface area contributed by atoms with Crippen LogP contribution in [0.5, 0.6) is 11.5 Å². The molecular formula is C36H60O6. The maximum atomic E-state index is 12.6. The summed E-state index contributed by atoms with van der Waals surface area (Å²) in [5, 5.41) is 0. The number of hydrogen-bond donors (Lipinski definition) is 0. The highest BCUT2D eigenvalue weighted by Crippen LogP contribution is 2.45. The number of carbonyl (C=O) groups excluding carboxylic acids is 2. The van der Waals surface area contributed by atoms with Crippen molar-refractivity contribution in [3.05, 3.63) is 22.3 Å². The van der Waals surface area contributed by atoms with Crippen LogP contribution in [0.3, 0.4) is 0 Å². The normalized spacial score (nSPS) is 17.9. The van der Waals surface area contributed by atoms with E-state index < -0.39 is 11.9 Å². The molecular weight excluding hydrogens is 528 g/mol. The molecule has 0 fully saturated rings. The third-order valence-corrected chi connectivity index (χ3v) is 9.14. The summed E-state index contributed by atoms with van der Waals surface area (Å²) < 4.78 is 22.4. The molecule has 6 heteroatoms. The van der Waals surface area contributed by atoms with Crippen LogP contribution in [0.4, 0.5) is 0 Å². The number of methoxy groups -OCH3 is 1. The number of benzene rings is 1. The van der Waals surface area contributed by atoms with Crippen LogP contribution in [0.2, 0.25) is 0 Å². The highest BCUT2D eigenvalue weighted by Gasteiger charge is 2.34. The summed E-state index contributed by atoms with van der Waals surface area (Å²) in [5.74, 6) is 3.12. The zero-order valence-electron chi connectivity index (χ0n) is 28.3. The summed E-state index contributed by atoms with van der Waals surface area (Å²) in [6, 6.07) is 0. The van der Waals surface area contributed by atoms with Crippen molar-refractivity contribution in [2.45, 2.75) is 144 Å². The number of rotatable bonds is 19. The molecule has 0 spiro atoms. The van der Waals surface area contributed by atoms with E-state index in [9.17, 15) is 9.59 Å². The van der Waals surface area contributed by atoms with Gasteiger partial charge in [0, 0.05) is 12.7 Å². The van der Waals surface area contributed by atoms with Crippen molar-refractivity contribution in [3.63, 3.8) is 0 Å². The Labute approximate surface area is 256 Å². The van der Waals surface area contributed by atoms with E-state index in [2.05, 4.69) is 41.5 Å². The van der Waals surface area contributed by atoms with Crippen LogP contribution in [0.25, 0.3) is 0 Å². The molecule has 42 heavy (non-hydrogen) atoms. The molecule has 0 bridgehead atoms. The Hall–Kier alpha value is -2.08. The van der Waals surface area contributed by atoms with E-state index in [1.807, 2.05) is 13.8 Å². The van der Waals surface area contributed by atoms with Crippen LogP contribution in [-0.2, 0) is 25.5 Å². The standard InChI is InChI=1S/C36H60O6/c1-25(2)13-10-14-26(3)15-11-16-27(4)17-12-21-36(8)22-20-31-30(7)34(28(5)29(6)35(31)42-36)41-33(38)19-18-32(37)40-24-23-39-9/h25-27H,10-24H2,1-9H3. The van der Waals surface area contributed by atoms with Crippen molar-refractivity contribution in [1.82, 2.24) is 0 Å². The largest absolute Gasteiger partial charge is 0.487 e. The summed E-state index contributed by atoms with van der Waals surface area (Å²) in [6.45, 7) is 18.3. The van der Waals surface area contributed by atoms with Gasteiger partial charge < -0.3 is 18.9 Å². The second kappa shape index (κ2) is 17.9. The summed E-state index contributed by atoms with van der Waals surface area (Å²) in [4.78, 5) is 24.4. The van der Waals surface area contributed by atoms with Gasteiger partial charge in [-0.25, -0.2) is 0 Å². The molecule has 0 amide bonds. The smallest absolute Gasteiger partial charge is 0.311 e. The quantitative estimate of drug-likeness (QED) is 0.0912. The summed E-state index contributed by atoms with van der Waals surface area (Å²) >= 11 is 0. The van der Waals surface area contributed by atoms with Gasteiger partial charge in [-0.2, -0.15) is 0 Å². The summed E-state index contributed by atoms with van der Waals surface area (Å²) in [5.41, 5.74) is 3.85. The molecule has 3 unspecified atom stereocenters.